The molecule has 0 aliphatic heterocycles. The van der Waals surface area contributed by atoms with Gasteiger partial charge in [0.2, 0.25) is 21.8 Å². The van der Waals surface area contributed by atoms with E-state index in [-0.39, 0.29) is 18.1 Å². The molecule has 2 aromatic carbocycles. The van der Waals surface area contributed by atoms with Gasteiger partial charge >= 0.3 is 0 Å². The van der Waals surface area contributed by atoms with Crippen LogP contribution < -0.4 is 14.4 Å². The molecule has 2 amide bonds. The predicted octanol–water partition coefficient (Wildman–Crippen LogP) is 1.93. The lowest BCUT2D eigenvalue weighted by Crippen LogP contribution is -2.50. The molecule has 1 N–H and O–H groups in total. The van der Waals surface area contributed by atoms with Gasteiger partial charge in [-0.2, -0.15) is 0 Å². The largest absolute Gasteiger partial charge is 0.495 e. The minimum Gasteiger partial charge on any atom is -0.495 e. The second-order valence-corrected chi connectivity index (χ2v) is 9.09. The van der Waals surface area contributed by atoms with Crippen LogP contribution in [0.2, 0.25) is 0 Å². The summed E-state index contributed by atoms with van der Waals surface area (Å²) in [6.45, 7) is 3.24. The Labute approximate surface area is 183 Å². The summed E-state index contributed by atoms with van der Waals surface area (Å²) in [6, 6.07) is 13.3. The molecule has 168 valence electrons. The smallest absolute Gasteiger partial charge is 0.244 e. The number of methoxy groups -OCH3 is 1. The van der Waals surface area contributed by atoms with Gasteiger partial charge in [0.25, 0.3) is 0 Å². The van der Waals surface area contributed by atoms with Crippen LogP contribution in [0.1, 0.15) is 18.1 Å². The van der Waals surface area contributed by atoms with E-state index in [0.29, 0.717) is 5.75 Å². The van der Waals surface area contributed by atoms with Gasteiger partial charge in [-0.15, -0.1) is 0 Å². The van der Waals surface area contributed by atoms with E-state index in [1.165, 1.54) is 19.1 Å². The van der Waals surface area contributed by atoms with E-state index in [2.05, 4.69) is 5.32 Å². The highest BCUT2D eigenvalue weighted by atomic mass is 32.2. The van der Waals surface area contributed by atoms with Crippen LogP contribution in [-0.4, -0.2) is 58.1 Å². The molecule has 0 fully saturated rings. The molecule has 0 spiro atoms. The summed E-state index contributed by atoms with van der Waals surface area (Å²) >= 11 is 0. The number of hydrogen-bond acceptors (Lipinski definition) is 5. The number of para-hydroxylation sites is 2. The molecule has 0 saturated carbocycles. The van der Waals surface area contributed by atoms with Crippen LogP contribution in [0.3, 0.4) is 0 Å². The minimum absolute atomic E-state index is 0.170. The molecule has 0 heterocycles. The van der Waals surface area contributed by atoms with Gasteiger partial charge in [0, 0.05) is 13.6 Å². The van der Waals surface area contributed by atoms with Crippen molar-refractivity contribution in [3.8, 4) is 5.75 Å². The molecular weight excluding hydrogens is 418 g/mol. The lowest BCUT2D eigenvalue weighted by atomic mass is 10.1. The highest BCUT2D eigenvalue weighted by Gasteiger charge is 2.30. The van der Waals surface area contributed by atoms with Crippen molar-refractivity contribution in [1.29, 1.82) is 0 Å². The SMILES string of the molecule is CNC(=O)[C@H](C)N(Cc1ccccc1C)C(=O)CN(c1ccccc1OC)S(C)(=O)=O. The summed E-state index contributed by atoms with van der Waals surface area (Å²) < 4.78 is 31.4. The number of amides is 2. The summed E-state index contributed by atoms with van der Waals surface area (Å²) in [5.41, 5.74) is 2.09. The van der Waals surface area contributed by atoms with E-state index in [1.807, 2.05) is 31.2 Å². The van der Waals surface area contributed by atoms with Gasteiger partial charge in [-0.25, -0.2) is 8.42 Å². The third-order valence-electron chi connectivity index (χ3n) is 5.05. The number of sulfonamides is 1. The zero-order valence-corrected chi connectivity index (χ0v) is 19.3. The van der Waals surface area contributed by atoms with Gasteiger partial charge in [-0.3, -0.25) is 13.9 Å². The van der Waals surface area contributed by atoms with Crippen LogP contribution in [-0.2, 0) is 26.2 Å². The maximum absolute atomic E-state index is 13.3. The third-order valence-corrected chi connectivity index (χ3v) is 6.18. The van der Waals surface area contributed by atoms with Gasteiger partial charge in [-0.05, 0) is 37.1 Å². The van der Waals surface area contributed by atoms with Gasteiger partial charge in [-0.1, -0.05) is 36.4 Å². The average Bonchev–Trinajstić information content (AvgIpc) is 2.74. The van der Waals surface area contributed by atoms with Crippen LogP contribution in [0.15, 0.2) is 48.5 Å². The van der Waals surface area contributed by atoms with E-state index in [9.17, 15) is 18.0 Å². The third kappa shape index (κ3) is 5.97. The Balaban J connectivity index is 2.44. The lowest BCUT2D eigenvalue weighted by molar-refractivity contribution is -0.139. The fourth-order valence-corrected chi connectivity index (χ4v) is 4.05. The molecule has 2 aromatic rings. The van der Waals surface area contributed by atoms with E-state index in [0.717, 1.165) is 21.7 Å². The van der Waals surface area contributed by atoms with Crippen LogP contribution in [0, 0.1) is 6.92 Å². The van der Waals surface area contributed by atoms with Crippen molar-refractivity contribution < 1.29 is 22.7 Å². The second-order valence-electron chi connectivity index (χ2n) is 7.18. The molecule has 2 rings (SSSR count). The number of rotatable bonds is 9. The average molecular weight is 448 g/mol. The number of nitrogens with zero attached hydrogens (tertiary/aromatic N) is 2. The summed E-state index contributed by atoms with van der Waals surface area (Å²) in [4.78, 5) is 27.1. The number of hydrogen-bond donors (Lipinski definition) is 1. The fraction of sp³-hybridized carbons (Fsp3) is 0.364. The predicted molar refractivity (Wildman–Crippen MR) is 120 cm³/mol. The van der Waals surface area contributed by atoms with Crippen molar-refractivity contribution >= 4 is 27.5 Å². The van der Waals surface area contributed by atoms with Crippen LogP contribution in [0.4, 0.5) is 5.69 Å². The van der Waals surface area contributed by atoms with Crippen LogP contribution >= 0.6 is 0 Å². The second kappa shape index (κ2) is 10.3. The molecule has 0 radical (unpaired) electrons. The fourth-order valence-electron chi connectivity index (χ4n) is 3.19. The van der Waals surface area contributed by atoms with Crippen molar-refractivity contribution in [3.63, 3.8) is 0 Å². The molecule has 0 bridgehead atoms. The molecule has 0 aromatic heterocycles. The van der Waals surface area contributed by atoms with Crippen molar-refractivity contribution in [2.75, 3.05) is 31.3 Å². The number of aryl methyl sites for hydroxylation is 1. The first-order valence-corrected chi connectivity index (χ1v) is 11.6. The molecular formula is C22H29N3O5S. The molecule has 0 saturated heterocycles. The Hall–Kier alpha value is -3.07. The van der Waals surface area contributed by atoms with E-state index in [4.69, 9.17) is 4.74 Å². The number of nitrogens with one attached hydrogen (secondary N) is 1. The number of carbonyl (C=O) groups is 2. The number of anilines is 1. The molecule has 1 atom stereocenters. The number of likely N-dealkylation sites (N-methyl/N-ethyl adjacent to an activating group) is 1. The molecule has 8 nitrogen and oxygen atoms in total. The van der Waals surface area contributed by atoms with Gasteiger partial charge in [0.15, 0.2) is 0 Å². The first kappa shape index (κ1) is 24.2. The highest BCUT2D eigenvalue weighted by molar-refractivity contribution is 7.92. The van der Waals surface area contributed by atoms with Crippen LogP contribution in [0.5, 0.6) is 5.75 Å². The van der Waals surface area contributed by atoms with E-state index < -0.39 is 28.5 Å². The standard InChI is InChI=1S/C22H29N3O5S/c1-16-10-6-7-11-18(16)14-24(17(2)22(27)23-3)21(26)15-25(31(5,28)29)19-12-8-9-13-20(19)30-4/h6-13,17H,14-15H2,1-5H3,(H,23,27)/t17-/m0/s1. The molecule has 31 heavy (non-hydrogen) atoms. The maximum Gasteiger partial charge on any atom is 0.244 e. The quantitative estimate of drug-likeness (QED) is 0.634. The summed E-state index contributed by atoms with van der Waals surface area (Å²) in [6.07, 6.45) is 1.03. The topological polar surface area (TPSA) is 96.0 Å². The number of ether oxygens (including phenoxy) is 1. The van der Waals surface area contributed by atoms with Gasteiger partial charge < -0.3 is 15.0 Å². The minimum atomic E-state index is -3.81. The van der Waals surface area contributed by atoms with Crippen molar-refractivity contribution in [1.82, 2.24) is 10.2 Å². The van der Waals surface area contributed by atoms with Crippen molar-refractivity contribution in [2.45, 2.75) is 26.4 Å². The summed E-state index contributed by atoms with van der Waals surface area (Å²) in [7, 11) is -0.884. The summed E-state index contributed by atoms with van der Waals surface area (Å²) in [5, 5.41) is 2.55. The highest BCUT2D eigenvalue weighted by Crippen LogP contribution is 2.29. The van der Waals surface area contributed by atoms with Crippen molar-refractivity contribution in [3.05, 3.63) is 59.7 Å². The zero-order chi connectivity index (χ0) is 23.2. The number of carbonyl (C=O) groups excluding carboxylic acids is 2. The molecule has 0 aliphatic rings. The first-order valence-electron chi connectivity index (χ1n) is 9.76. The first-order chi connectivity index (χ1) is 14.6. The Bertz CT molecular complexity index is 1040. The maximum atomic E-state index is 13.3. The molecule has 0 unspecified atom stereocenters. The van der Waals surface area contributed by atoms with Gasteiger partial charge in [0.05, 0.1) is 19.1 Å². The monoisotopic (exact) mass is 447 g/mol. The van der Waals surface area contributed by atoms with E-state index >= 15 is 0 Å². The summed E-state index contributed by atoms with van der Waals surface area (Å²) in [5.74, 6) is -0.522. The lowest BCUT2D eigenvalue weighted by Gasteiger charge is -2.31. The Morgan fingerprint density at radius 1 is 1.10 bits per heavy atom. The number of benzene rings is 2. The van der Waals surface area contributed by atoms with Crippen molar-refractivity contribution in [2.24, 2.45) is 0 Å². The Morgan fingerprint density at radius 2 is 1.71 bits per heavy atom. The molecule has 0 aliphatic carbocycles. The van der Waals surface area contributed by atoms with Crippen LogP contribution in [0.25, 0.3) is 0 Å². The normalized spacial score (nSPS) is 12.0. The molecule has 9 heteroatoms. The Morgan fingerprint density at radius 3 is 2.29 bits per heavy atom. The van der Waals surface area contributed by atoms with E-state index in [1.54, 1.807) is 31.2 Å². The zero-order valence-electron chi connectivity index (χ0n) is 18.5. The van der Waals surface area contributed by atoms with Gasteiger partial charge in [0.1, 0.15) is 18.3 Å². The Kier molecular flexibility index (Phi) is 8.04.